The van der Waals surface area contributed by atoms with Crippen molar-refractivity contribution in [2.45, 2.75) is 62.9 Å². The van der Waals surface area contributed by atoms with Gasteiger partial charge in [-0.3, -0.25) is 19.2 Å². The van der Waals surface area contributed by atoms with E-state index in [0.717, 1.165) is 0 Å². The van der Waals surface area contributed by atoms with Crippen molar-refractivity contribution < 1.29 is 39.3 Å². The number of phenolic OH excluding ortho intramolecular Hbond substituents is 1. The summed E-state index contributed by atoms with van der Waals surface area (Å²) in [6.07, 6.45) is 0.150. The Labute approximate surface area is 218 Å². The molecule has 0 spiro atoms. The molecule has 1 rings (SSSR count). The molecule has 1 aromatic carbocycles. The van der Waals surface area contributed by atoms with Gasteiger partial charge in [0.25, 0.3) is 0 Å². The highest BCUT2D eigenvalue weighted by atomic mass is 32.2. The van der Waals surface area contributed by atoms with Crippen molar-refractivity contribution >= 4 is 41.4 Å². The Morgan fingerprint density at radius 1 is 0.946 bits per heavy atom. The molecule has 0 heterocycles. The second-order valence-electron chi connectivity index (χ2n) is 8.45. The van der Waals surface area contributed by atoms with Gasteiger partial charge >= 0.3 is 5.97 Å². The fourth-order valence-corrected chi connectivity index (χ4v) is 3.70. The Morgan fingerprint density at radius 3 is 2.05 bits per heavy atom. The monoisotopic (exact) mass is 541 g/mol. The van der Waals surface area contributed by atoms with Gasteiger partial charge in [0, 0.05) is 6.42 Å². The number of carboxylic acid groups (broad SMARTS) is 1. The third-order valence-electron chi connectivity index (χ3n) is 5.33. The highest BCUT2D eigenvalue weighted by Crippen LogP contribution is 2.11. The van der Waals surface area contributed by atoms with Crippen LogP contribution in [-0.2, 0) is 30.4 Å². The van der Waals surface area contributed by atoms with Crippen LogP contribution in [0.25, 0.3) is 0 Å². The molecule has 0 fully saturated rings. The molecule has 0 aromatic heterocycles. The molecule has 0 saturated carbocycles. The number of aliphatic carboxylic acids is 1. The first kappa shape index (κ1) is 31.7. The molecule has 37 heavy (non-hydrogen) atoms. The third-order valence-corrected chi connectivity index (χ3v) is 5.97. The van der Waals surface area contributed by atoms with Crippen molar-refractivity contribution in [1.82, 2.24) is 16.0 Å². The second kappa shape index (κ2) is 15.7. The number of phenols is 1. The molecular weight excluding hydrogens is 506 g/mol. The number of carboxylic acids is 1. The minimum atomic E-state index is -1.54. The molecular formula is C23H35N5O8S. The van der Waals surface area contributed by atoms with Crippen molar-refractivity contribution in [2.24, 2.45) is 11.5 Å². The third kappa shape index (κ3) is 11.5. The number of carbonyl (C=O) groups is 5. The lowest BCUT2D eigenvalue weighted by molar-refractivity contribution is -0.143. The Hall–Kier alpha value is -3.36. The van der Waals surface area contributed by atoms with Crippen LogP contribution in [0.3, 0.4) is 0 Å². The summed E-state index contributed by atoms with van der Waals surface area (Å²) >= 11 is 1.42. The molecule has 14 heteroatoms. The SMILES string of the molecule is CSCCC(NC(=O)C(N)Cc1ccc(O)cc1)C(=O)NC(C(=O)NC(CCC(N)=O)C(=O)O)C(C)O. The first-order chi connectivity index (χ1) is 17.3. The number of thioether (sulfide) groups is 1. The Balaban J connectivity index is 2.90. The number of benzene rings is 1. The quantitative estimate of drug-likeness (QED) is 0.117. The van der Waals surface area contributed by atoms with E-state index in [-0.39, 0.29) is 31.4 Å². The number of aromatic hydroxyl groups is 1. The van der Waals surface area contributed by atoms with Crippen LogP contribution in [0.1, 0.15) is 31.7 Å². The van der Waals surface area contributed by atoms with E-state index in [1.165, 1.54) is 30.8 Å². The molecule has 5 atom stereocenters. The zero-order valence-electron chi connectivity index (χ0n) is 20.7. The molecule has 0 bridgehead atoms. The number of primary amides is 1. The minimum Gasteiger partial charge on any atom is -0.508 e. The minimum absolute atomic E-state index is 0.0646. The second-order valence-corrected chi connectivity index (χ2v) is 9.44. The van der Waals surface area contributed by atoms with Gasteiger partial charge < -0.3 is 42.7 Å². The zero-order chi connectivity index (χ0) is 28.1. The van der Waals surface area contributed by atoms with Crippen LogP contribution in [0.5, 0.6) is 5.75 Å². The Kier molecular flexibility index (Phi) is 13.4. The van der Waals surface area contributed by atoms with Crippen LogP contribution in [0, 0.1) is 0 Å². The average Bonchev–Trinajstić information content (AvgIpc) is 2.83. The molecule has 10 N–H and O–H groups in total. The zero-order valence-corrected chi connectivity index (χ0v) is 21.5. The van der Waals surface area contributed by atoms with Crippen LogP contribution in [0.4, 0.5) is 0 Å². The predicted octanol–water partition coefficient (Wildman–Crippen LogP) is -1.80. The number of rotatable bonds is 16. The molecule has 0 aliphatic carbocycles. The number of nitrogens with one attached hydrogen (secondary N) is 3. The predicted molar refractivity (Wildman–Crippen MR) is 136 cm³/mol. The topological polar surface area (TPSA) is 234 Å². The van der Waals surface area contributed by atoms with Gasteiger partial charge in [0.05, 0.1) is 12.1 Å². The summed E-state index contributed by atoms with van der Waals surface area (Å²) < 4.78 is 0. The van der Waals surface area contributed by atoms with Crippen LogP contribution in [-0.4, -0.2) is 87.2 Å². The van der Waals surface area contributed by atoms with Gasteiger partial charge in [-0.05, 0) is 55.9 Å². The average molecular weight is 542 g/mol. The summed E-state index contributed by atoms with van der Waals surface area (Å²) in [4.78, 5) is 60.8. The van der Waals surface area contributed by atoms with Crippen molar-refractivity contribution in [3.63, 3.8) is 0 Å². The van der Waals surface area contributed by atoms with E-state index >= 15 is 0 Å². The molecule has 0 radical (unpaired) electrons. The summed E-state index contributed by atoms with van der Waals surface area (Å²) in [5.41, 5.74) is 11.7. The smallest absolute Gasteiger partial charge is 0.326 e. The van der Waals surface area contributed by atoms with E-state index in [4.69, 9.17) is 11.5 Å². The van der Waals surface area contributed by atoms with E-state index in [1.54, 1.807) is 18.4 Å². The first-order valence-electron chi connectivity index (χ1n) is 11.5. The molecule has 1 aromatic rings. The highest BCUT2D eigenvalue weighted by Gasteiger charge is 2.32. The van der Waals surface area contributed by atoms with Gasteiger partial charge in [-0.25, -0.2) is 4.79 Å². The largest absolute Gasteiger partial charge is 0.508 e. The Morgan fingerprint density at radius 2 is 1.54 bits per heavy atom. The lowest BCUT2D eigenvalue weighted by atomic mass is 10.0. The van der Waals surface area contributed by atoms with E-state index in [0.29, 0.717) is 11.3 Å². The number of amides is 4. The number of carbonyl (C=O) groups excluding carboxylic acids is 4. The first-order valence-corrected chi connectivity index (χ1v) is 12.9. The molecule has 0 saturated heterocycles. The van der Waals surface area contributed by atoms with Gasteiger partial charge in [0.2, 0.25) is 23.6 Å². The summed E-state index contributed by atoms with van der Waals surface area (Å²) in [7, 11) is 0. The van der Waals surface area contributed by atoms with E-state index in [1.807, 2.05) is 0 Å². The number of hydrogen-bond acceptors (Lipinski definition) is 9. The number of aliphatic hydroxyl groups excluding tert-OH is 1. The van der Waals surface area contributed by atoms with Crippen molar-refractivity contribution in [1.29, 1.82) is 0 Å². The van der Waals surface area contributed by atoms with E-state index in [2.05, 4.69) is 16.0 Å². The fraction of sp³-hybridized carbons (Fsp3) is 0.522. The van der Waals surface area contributed by atoms with Gasteiger partial charge in [-0.15, -0.1) is 0 Å². The van der Waals surface area contributed by atoms with Crippen LogP contribution in [0.15, 0.2) is 24.3 Å². The fourth-order valence-electron chi connectivity index (χ4n) is 3.23. The number of nitrogens with two attached hydrogens (primary N) is 2. The van der Waals surface area contributed by atoms with Crippen LogP contribution < -0.4 is 27.4 Å². The Bertz CT molecular complexity index is 944. The normalized spacial score (nSPS) is 14.9. The van der Waals surface area contributed by atoms with Crippen LogP contribution in [0.2, 0.25) is 0 Å². The van der Waals surface area contributed by atoms with Gasteiger partial charge in [-0.2, -0.15) is 11.8 Å². The lowest BCUT2D eigenvalue weighted by Crippen LogP contribution is -2.60. The molecule has 206 valence electrons. The summed E-state index contributed by atoms with van der Waals surface area (Å²) in [6.45, 7) is 1.23. The molecule has 13 nitrogen and oxygen atoms in total. The van der Waals surface area contributed by atoms with Crippen molar-refractivity contribution in [3.05, 3.63) is 29.8 Å². The van der Waals surface area contributed by atoms with Crippen LogP contribution >= 0.6 is 11.8 Å². The number of hydrogen-bond donors (Lipinski definition) is 8. The maximum absolute atomic E-state index is 13.0. The number of aliphatic hydroxyl groups is 1. The van der Waals surface area contributed by atoms with E-state index in [9.17, 15) is 39.3 Å². The van der Waals surface area contributed by atoms with Gasteiger partial charge in [0.1, 0.15) is 23.9 Å². The summed E-state index contributed by atoms with van der Waals surface area (Å²) in [6, 6.07) is 1.03. The van der Waals surface area contributed by atoms with Crippen molar-refractivity contribution in [3.8, 4) is 5.75 Å². The molecule has 5 unspecified atom stereocenters. The highest BCUT2D eigenvalue weighted by molar-refractivity contribution is 7.98. The summed E-state index contributed by atoms with van der Waals surface area (Å²) in [5, 5.41) is 35.9. The van der Waals surface area contributed by atoms with Crippen molar-refractivity contribution in [2.75, 3.05) is 12.0 Å². The molecule has 4 amide bonds. The lowest BCUT2D eigenvalue weighted by Gasteiger charge is -2.26. The van der Waals surface area contributed by atoms with E-state index < -0.39 is 59.9 Å². The maximum atomic E-state index is 13.0. The molecule has 0 aliphatic rings. The summed E-state index contributed by atoms with van der Waals surface area (Å²) in [5.74, 6) is -4.01. The van der Waals surface area contributed by atoms with Gasteiger partial charge in [0.15, 0.2) is 0 Å². The standard InChI is InChI=1S/C23H35N5O8S/c1-12(29)19(22(34)27-17(23(35)36)7-8-18(25)31)28-21(33)16(9-10-37-2)26-20(32)15(24)11-13-3-5-14(30)6-4-13/h3-6,12,15-17,19,29-30H,7-11,24H2,1-2H3,(H2,25,31)(H,26,32)(H,27,34)(H,28,33)(H,35,36). The van der Waals surface area contributed by atoms with Gasteiger partial charge in [-0.1, -0.05) is 12.1 Å². The maximum Gasteiger partial charge on any atom is 0.326 e. The molecule has 0 aliphatic heterocycles.